The molecular weight excluding hydrogens is 516 g/mol. The van der Waals surface area contributed by atoms with Crippen LogP contribution in [0.15, 0.2) is 52.6 Å². The van der Waals surface area contributed by atoms with Gasteiger partial charge in [0.1, 0.15) is 11.5 Å². The molecule has 11 nitrogen and oxygen atoms in total. The summed E-state index contributed by atoms with van der Waals surface area (Å²) in [5.41, 5.74) is 3.82. The minimum atomic E-state index is -4.06. The van der Waals surface area contributed by atoms with Crippen molar-refractivity contribution in [2.45, 2.75) is 19.8 Å². The van der Waals surface area contributed by atoms with Crippen molar-refractivity contribution in [2.24, 2.45) is 17.2 Å². The highest BCUT2D eigenvalue weighted by Gasteiger charge is 2.27. The molecule has 0 aliphatic rings. The molecule has 2 aromatic carbocycles. The summed E-state index contributed by atoms with van der Waals surface area (Å²) >= 11 is 0. The number of hydrogen-bond acceptors (Lipinski definition) is 9. The normalized spacial score (nSPS) is 12.5. The van der Waals surface area contributed by atoms with Crippen molar-refractivity contribution in [1.29, 1.82) is 0 Å². The van der Waals surface area contributed by atoms with Gasteiger partial charge in [0.15, 0.2) is 5.82 Å². The summed E-state index contributed by atoms with van der Waals surface area (Å²) < 4.78 is 50.8. The topological polar surface area (TPSA) is 146 Å². The highest BCUT2D eigenvalue weighted by Crippen LogP contribution is 2.33. The van der Waals surface area contributed by atoms with E-state index in [4.69, 9.17) is 10.2 Å². The number of nitrogens with zero attached hydrogens (tertiary/aromatic N) is 5. The molecule has 0 aliphatic carbocycles. The Morgan fingerprint density at radius 2 is 1.70 bits per heavy atom. The van der Waals surface area contributed by atoms with E-state index >= 15 is 0 Å². The molecule has 3 rings (SSSR count). The van der Waals surface area contributed by atoms with Gasteiger partial charge in [0.25, 0.3) is 0 Å². The van der Waals surface area contributed by atoms with Gasteiger partial charge in [-0.2, -0.15) is 3.71 Å². The van der Waals surface area contributed by atoms with Gasteiger partial charge in [-0.1, -0.05) is 36.7 Å². The zero-order chi connectivity index (χ0) is 27.4. The molecule has 13 heteroatoms. The molecule has 0 amide bonds. The summed E-state index contributed by atoms with van der Waals surface area (Å²) in [7, 11) is -4.64. The minimum Gasteiger partial charge on any atom is -0.411 e. The van der Waals surface area contributed by atoms with E-state index in [1.807, 2.05) is 29.8 Å². The predicted molar refractivity (Wildman–Crippen MR) is 147 cm³/mol. The fraction of sp³-hybridized carbons (Fsp3) is 0.292. The average molecular weight is 547 g/mol. The molecule has 0 fully saturated rings. The summed E-state index contributed by atoms with van der Waals surface area (Å²) in [6.45, 7) is 2.06. The number of sulfonamides is 2. The Morgan fingerprint density at radius 3 is 2.24 bits per heavy atom. The van der Waals surface area contributed by atoms with Gasteiger partial charge < -0.3 is 15.1 Å². The van der Waals surface area contributed by atoms with Crippen LogP contribution in [-0.4, -0.2) is 63.6 Å². The van der Waals surface area contributed by atoms with Gasteiger partial charge >= 0.3 is 0 Å². The number of benzene rings is 2. The highest BCUT2D eigenvalue weighted by atomic mass is 32.3. The van der Waals surface area contributed by atoms with Crippen LogP contribution in [0.5, 0.6) is 0 Å². The number of aromatic nitrogens is 2. The number of aliphatic imine (C=N–C) groups is 1. The Bertz CT molecular complexity index is 1510. The molecule has 0 spiro atoms. The summed E-state index contributed by atoms with van der Waals surface area (Å²) in [4.78, 5) is 8.76. The first-order chi connectivity index (χ1) is 17.4. The Kier molecular flexibility index (Phi) is 8.39. The lowest BCUT2D eigenvalue weighted by Gasteiger charge is -2.20. The quantitative estimate of drug-likeness (QED) is 0.225. The molecule has 0 atom stereocenters. The van der Waals surface area contributed by atoms with Gasteiger partial charge in [0, 0.05) is 25.3 Å². The summed E-state index contributed by atoms with van der Waals surface area (Å²) in [6.07, 6.45) is 6.39. The monoisotopic (exact) mass is 546 g/mol. The smallest absolute Gasteiger partial charge is 0.245 e. The summed E-state index contributed by atoms with van der Waals surface area (Å²) in [5, 5.41) is 15.5. The molecule has 0 saturated carbocycles. The van der Waals surface area contributed by atoms with E-state index in [1.54, 1.807) is 25.4 Å². The van der Waals surface area contributed by atoms with Crippen LogP contribution in [0.25, 0.3) is 11.3 Å². The zero-order valence-corrected chi connectivity index (χ0v) is 22.9. The van der Waals surface area contributed by atoms with E-state index in [9.17, 15) is 16.8 Å². The van der Waals surface area contributed by atoms with Crippen LogP contribution in [0.2, 0.25) is 0 Å². The number of nitrogens with one attached hydrogen (secondary N) is 1. The molecule has 0 bridgehead atoms. The molecule has 3 aromatic rings. The molecule has 0 unspecified atom stereocenters. The van der Waals surface area contributed by atoms with E-state index in [0.29, 0.717) is 26.6 Å². The SMILES string of the molecule is CCCc1cc(Nc2c(-c3ccc(N(S(C)(=O)=O)S(C)(=O)=O)cc3)nc(C=NC)n2C)ccc1/C=N/O. The van der Waals surface area contributed by atoms with Crippen molar-refractivity contribution in [3.8, 4) is 11.3 Å². The predicted octanol–water partition coefficient (Wildman–Crippen LogP) is 3.37. The lowest BCUT2D eigenvalue weighted by atomic mass is 10.0. The van der Waals surface area contributed by atoms with Crippen molar-refractivity contribution >= 4 is 49.7 Å². The molecule has 0 saturated heterocycles. The second-order valence-corrected chi connectivity index (χ2v) is 12.3. The number of anilines is 3. The van der Waals surface area contributed by atoms with Crippen molar-refractivity contribution in [3.63, 3.8) is 0 Å². The van der Waals surface area contributed by atoms with Crippen LogP contribution < -0.4 is 9.03 Å². The van der Waals surface area contributed by atoms with E-state index in [1.165, 1.54) is 18.3 Å². The zero-order valence-electron chi connectivity index (χ0n) is 21.2. The van der Waals surface area contributed by atoms with Gasteiger partial charge in [0.05, 0.1) is 30.6 Å². The lowest BCUT2D eigenvalue weighted by molar-refractivity contribution is 0.322. The van der Waals surface area contributed by atoms with Gasteiger partial charge in [0.2, 0.25) is 20.0 Å². The Morgan fingerprint density at radius 1 is 1.05 bits per heavy atom. The first-order valence-corrected chi connectivity index (χ1v) is 15.0. The van der Waals surface area contributed by atoms with Gasteiger partial charge in [-0.05, 0) is 41.8 Å². The number of rotatable bonds is 10. The fourth-order valence-corrected chi connectivity index (χ4v) is 6.93. The Hall–Kier alpha value is -3.71. The molecular formula is C24H30N6O5S2. The maximum Gasteiger partial charge on any atom is 0.245 e. The van der Waals surface area contributed by atoms with Crippen LogP contribution in [0, 0.1) is 0 Å². The third kappa shape index (κ3) is 6.35. The summed E-state index contributed by atoms with van der Waals surface area (Å²) in [5.74, 6) is 1.23. The van der Waals surface area contributed by atoms with Gasteiger partial charge in [-0.15, -0.1) is 0 Å². The molecule has 198 valence electrons. The first kappa shape index (κ1) is 27.9. The van der Waals surface area contributed by atoms with Crippen molar-refractivity contribution in [1.82, 2.24) is 9.55 Å². The van der Waals surface area contributed by atoms with Gasteiger partial charge in [-0.25, -0.2) is 21.8 Å². The van der Waals surface area contributed by atoms with Crippen LogP contribution >= 0.6 is 0 Å². The maximum absolute atomic E-state index is 12.1. The number of imidazole rings is 1. The number of hydrogen-bond donors (Lipinski definition) is 2. The van der Waals surface area contributed by atoms with E-state index in [-0.39, 0.29) is 5.69 Å². The third-order valence-electron chi connectivity index (χ3n) is 5.45. The van der Waals surface area contributed by atoms with E-state index in [2.05, 4.69) is 22.4 Å². The molecule has 2 N–H and O–H groups in total. The lowest BCUT2D eigenvalue weighted by Crippen LogP contribution is -2.35. The van der Waals surface area contributed by atoms with Crippen LogP contribution in [-0.2, 0) is 33.5 Å². The van der Waals surface area contributed by atoms with Crippen LogP contribution in [0.3, 0.4) is 0 Å². The molecule has 1 aromatic heterocycles. The van der Waals surface area contributed by atoms with E-state index in [0.717, 1.165) is 42.2 Å². The highest BCUT2D eigenvalue weighted by molar-refractivity contribution is 8.09. The average Bonchev–Trinajstić information content (AvgIpc) is 3.10. The summed E-state index contributed by atoms with van der Waals surface area (Å²) in [6, 6.07) is 11.8. The maximum atomic E-state index is 12.1. The van der Waals surface area contributed by atoms with E-state index < -0.39 is 20.0 Å². The molecule has 0 radical (unpaired) electrons. The number of aryl methyl sites for hydroxylation is 1. The van der Waals surface area contributed by atoms with Crippen molar-refractivity contribution in [2.75, 3.05) is 28.6 Å². The van der Waals surface area contributed by atoms with Crippen LogP contribution in [0.4, 0.5) is 17.2 Å². The largest absolute Gasteiger partial charge is 0.411 e. The molecule has 37 heavy (non-hydrogen) atoms. The third-order valence-corrected chi connectivity index (χ3v) is 8.70. The second-order valence-electron chi connectivity index (χ2n) is 8.42. The molecule has 1 heterocycles. The molecule has 0 aliphatic heterocycles. The Balaban J connectivity index is 2.09. The van der Waals surface area contributed by atoms with Crippen LogP contribution in [0.1, 0.15) is 30.3 Å². The minimum absolute atomic E-state index is 0.000113. The van der Waals surface area contributed by atoms with Gasteiger partial charge in [-0.3, -0.25) is 4.99 Å². The first-order valence-electron chi connectivity index (χ1n) is 11.3. The fourth-order valence-electron chi connectivity index (χ4n) is 3.96. The van der Waals surface area contributed by atoms with Crippen molar-refractivity contribution in [3.05, 3.63) is 59.4 Å². The second kappa shape index (κ2) is 11.1. The standard InChI is InChI=1S/C24H30N6O5S2/c1-6-7-18-14-20(11-8-19(18)15-26-31)27-24-23(28-22(16-25-2)29(24)3)17-9-12-21(13-10-17)30(36(4,32)33)37(5,34)35/h8-16,27,31H,6-7H2,1-5H3/b25-16?,26-15+. The van der Waals surface area contributed by atoms with Crippen molar-refractivity contribution < 1.29 is 22.0 Å². The number of oxime groups is 1. The Labute approximate surface area is 217 Å².